The number of piperidine rings is 1. The lowest BCUT2D eigenvalue weighted by Crippen LogP contribution is -2.39. The van der Waals surface area contributed by atoms with E-state index in [-0.39, 0.29) is 23.5 Å². The number of carbonyl (C=O) groups excluding carboxylic acids is 1. The van der Waals surface area contributed by atoms with Crippen molar-refractivity contribution in [2.75, 3.05) is 13.1 Å². The molecule has 1 aliphatic heterocycles. The van der Waals surface area contributed by atoms with Crippen molar-refractivity contribution in [1.29, 1.82) is 0 Å². The number of rotatable bonds is 5. The summed E-state index contributed by atoms with van der Waals surface area (Å²) >= 11 is 0. The smallest absolute Gasteiger partial charge is 0.271 e. The van der Waals surface area contributed by atoms with E-state index < -0.39 is 0 Å². The summed E-state index contributed by atoms with van der Waals surface area (Å²) in [5, 5.41) is 6.86. The molecule has 1 amide bonds. The molecule has 0 radical (unpaired) electrons. The molecule has 8 heteroatoms. The van der Waals surface area contributed by atoms with E-state index in [0.29, 0.717) is 48.1 Å². The number of carbonyl (C=O) groups is 1. The average Bonchev–Trinajstić information content (AvgIpc) is 3.49. The molecule has 1 N–H and O–H groups in total. The number of oxazole rings is 1. The fourth-order valence-electron chi connectivity index (χ4n) is 4.21. The van der Waals surface area contributed by atoms with E-state index >= 15 is 0 Å². The molecule has 0 spiro atoms. The number of hydrogen-bond donors (Lipinski definition) is 1. The molecule has 0 aliphatic carbocycles. The first-order valence-electron chi connectivity index (χ1n) is 10.9. The maximum Gasteiger partial charge on any atom is 0.271 e. The molecule has 0 bridgehead atoms. The highest BCUT2D eigenvalue weighted by Gasteiger charge is 2.29. The molecule has 168 valence electrons. The first kappa shape index (κ1) is 21.1. The fourth-order valence-corrected chi connectivity index (χ4v) is 4.21. The van der Waals surface area contributed by atoms with Gasteiger partial charge in [-0.3, -0.25) is 9.89 Å². The second kappa shape index (κ2) is 8.97. The van der Waals surface area contributed by atoms with Crippen molar-refractivity contribution in [3.8, 4) is 11.3 Å². The first-order chi connectivity index (χ1) is 16.1. The number of halogens is 2. The molecule has 0 unspecified atom stereocenters. The van der Waals surface area contributed by atoms with Crippen LogP contribution in [0.15, 0.2) is 65.2 Å². The average molecular weight is 448 g/mol. The zero-order valence-corrected chi connectivity index (χ0v) is 17.8. The van der Waals surface area contributed by atoms with E-state index in [1.165, 1.54) is 18.2 Å². The molecule has 6 nitrogen and oxygen atoms in total. The van der Waals surface area contributed by atoms with Gasteiger partial charge in [0.2, 0.25) is 0 Å². The van der Waals surface area contributed by atoms with Gasteiger partial charge in [-0.1, -0.05) is 24.3 Å². The number of H-pyrrole nitrogens is 1. The maximum absolute atomic E-state index is 14.1. The van der Waals surface area contributed by atoms with Crippen LogP contribution in [0.25, 0.3) is 11.3 Å². The summed E-state index contributed by atoms with van der Waals surface area (Å²) in [6.07, 6.45) is 3.78. The largest absolute Gasteiger partial charge is 0.445 e. The predicted molar refractivity (Wildman–Crippen MR) is 118 cm³/mol. The van der Waals surface area contributed by atoms with Gasteiger partial charge < -0.3 is 9.32 Å². The molecule has 0 saturated carbocycles. The number of benzene rings is 2. The highest BCUT2D eigenvalue weighted by molar-refractivity contribution is 5.93. The lowest BCUT2D eigenvalue weighted by molar-refractivity contribution is 0.0692. The van der Waals surface area contributed by atoms with Crippen molar-refractivity contribution in [3.63, 3.8) is 0 Å². The van der Waals surface area contributed by atoms with E-state index in [2.05, 4.69) is 15.2 Å². The molecule has 1 aliphatic rings. The van der Waals surface area contributed by atoms with Gasteiger partial charge in [-0.15, -0.1) is 0 Å². The normalized spacial score (nSPS) is 16.2. The highest BCUT2D eigenvalue weighted by atomic mass is 19.1. The third-order valence-electron chi connectivity index (χ3n) is 5.85. The van der Waals surface area contributed by atoms with Crippen molar-refractivity contribution in [2.45, 2.75) is 25.2 Å². The number of aromatic nitrogens is 3. The van der Waals surface area contributed by atoms with Crippen LogP contribution < -0.4 is 0 Å². The Labute approximate surface area is 189 Å². The summed E-state index contributed by atoms with van der Waals surface area (Å²) in [6.45, 7) is 1.08. The van der Waals surface area contributed by atoms with E-state index in [4.69, 9.17) is 4.42 Å². The molecule has 1 saturated heterocycles. The van der Waals surface area contributed by atoms with E-state index in [1.807, 2.05) is 6.07 Å². The van der Waals surface area contributed by atoms with Crippen molar-refractivity contribution in [2.24, 2.45) is 0 Å². The second-order valence-electron chi connectivity index (χ2n) is 8.21. The molecule has 3 heterocycles. The second-order valence-corrected chi connectivity index (χ2v) is 8.21. The summed E-state index contributed by atoms with van der Waals surface area (Å²) in [5.74, 6) is 0.335. The summed E-state index contributed by atoms with van der Waals surface area (Å²) < 4.78 is 33.4. The lowest BCUT2D eigenvalue weighted by atomic mass is 9.97. The van der Waals surface area contributed by atoms with E-state index in [9.17, 15) is 13.6 Å². The van der Waals surface area contributed by atoms with Crippen molar-refractivity contribution in [1.82, 2.24) is 20.1 Å². The van der Waals surface area contributed by atoms with Crippen LogP contribution in [0.1, 0.15) is 46.5 Å². The van der Waals surface area contributed by atoms with Gasteiger partial charge in [-0.2, -0.15) is 5.10 Å². The zero-order chi connectivity index (χ0) is 22.8. The molecule has 2 aromatic carbocycles. The van der Waals surface area contributed by atoms with Crippen LogP contribution in [0, 0.1) is 11.6 Å². The van der Waals surface area contributed by atoms with Gasteiger partial charge >= 0.3 is 0 Å². The van der Waals surface area contributed by atoms with E-state index in [0.717, 1.165) is 18.4 Å². The summed E-state index contributed by atoms with van der Waals surface area (Å²) in [5.41, 5.74) is 1.85. The number of nitrogens with zero attached hydrogens (tertiary/aromatic N) is 3. The molecule has 2 aromatic heterocycles. The Morgan fingerprint density at radius 2 is 2.03 bits per heavy atom. The van der Waals surface area contributed by atoms with Gasteiger partial charge in [-0.25, -0.2) is 13.8 Å². The summed E-state index contributed by atoms with van der Waals surface area (Å²) in [7, 11) is 0. The molecule has 1 fully saturated rings. The van der Waals surface area contributed by atoms with Crippen LogP contribution in [-0.4, -0.2) is 39.1 Å². The Kier molecular flexibility index (Phi) is 5.73. The minimum atomic E-state index is -0.390. The zero-order valence-electron chi connectivity index (χ0n) is 17.8. The fraction of sp³-hybridized carbons (Fsp3) is 0.240. The Morgan fingerprint density at radius 1 is 1.15 bits per heavy atom. The monoisotopic (exact) mass is 448 g/mol. The van der Waals surface area contributed by atoms with Crippen molar-refractivity contribution < 1.29 is 18.0 Å². The van der Waals surface area contributed by atoms with Gasteiger partial charge in [0.05, 0.1) is 17.8 Å². The third kappa shape index (κ3) is 4.55. The standard InChI is InChI=1S/C25H22F2N4O2/c26-18-7-3-5-16(11-18)12-19-14-28-24(33-19)17-6-4-10-31(15-17)25(32)23-13-22(29-30-23)20-8-1-2-9-21(20)27/h1-3,5,7-9,11,13-14,17H,4,6,10,12,15H2,(H,29,30)/t17-/m1/s1. The van der Waals surface area contributed by atoms with Crippen LogP contribution in [0.2, 0.25) is 0 Å². The number of amides is 1. The van der Waals surface area contributed by atoms with Crippen molar-refractivity contribution >= 4 is 5.91 Å². The summed E-state index contributed by atoms with van der Waals surface area (Å²) in [6, 6.07) is 14.3. The predicted octanol–water partition coefficient (Wildman–Crippen LogP) is 4.95. The van der Waals surface area contributed by atoms with E-state index in [1.54, 1.807) is 41.4 Å². The van der Waals surface area contributed by atoms with Gasteiger partial charge in [0.15, 0.2) is 5.89 Å². The topological polar surface area (TPSA) is 75.0 Å². The highest BCUT2D eigenvalue weighted by Crippen LogP contribution is 2.29. The first-order valence-corrected chi connectivity index (χ1v) is 10.9. The number of nitrogens with one attached hydrogen (secondary N) is 1. The number of likely N-dealkylation sites (tertiary alicyclic amines) is 1. The van der Waals surface area contributed by atoms with Crippen molar-refractivity contribution in [3.05, 3.63) is 95.3 Å². The molecular weight excluding hydrogens is 426 g/mol. The van der Waals surface area contributed by atoms with Gasteiger partial charge in [-0.05, 0) is 48.7 Å². The molecular formula is C25H22F2N4O2. The van der Waals surface area contributed by atoms with Crippen LogP contribution in [-0.2, 0) is 6.42 Å². The van der Waals surface area contributed by atoms with Gasteiger partial charge in [0, 0.05) is 25.1 Å². The number of hydrogen-bond acceptors (Lipinski definition) is 4. The Morgan fingerprint density at radius 3 is 2.88 bits per heavy atom. The lowest BCUT2D eigenvalue weighted by Gasteiger charge is -2.30. The van der Waals surface area contributed by atoms with Gasteiger partial charge in [0.1, 0.15) is 23.1 Å². The van der Waals surface area contributed by atoms with Crippen LogP contribution in [0.4, 0.5) is 8.78 Å². The number of aromatic amines is 1. The van der Waals surface area contributed by atoms with Gasteiger partial charge in [0.25, 0.3) is 5.91 Å². The van der Waals surface area contributed by atoms with Crippen LogP contribution >= 0.6 is 0 Å². The Hall–Kier alpha value is -3.81. The quantitative estimate of drug-likeness (QED) is 0.469. The third-order valence-corrected chi connectivity index (χ3v) is 5.85. The molecule has 1 atom stereocenters. The molecule has 33 heavy (non-hydrogen) atoms. The SMILES string of the molecule is O=C(c1cc(-c2ccccc2F)n[nH]1)N1CCC[C@@H](c2ncc(Cc3cccc(F)c3)o2)C1. The molecule has 5 rings (SSSR count). The Balaban J connectivity index is 1.27. The van der Waals surface area contributed by atoms with Crippen LogP contribution in [0.5, 0.6) is 0 Å². The van der Waals surface area contributed by atoms with Crippen LogP contribution in [0.3, 0.4) is 0 Å². The maximum atomic E-state index is 14.1. The minimum absolute atomic E-state index is 0.0297. The Bertz CT molecular complexity index is 1280. The summed E-state index contributed by atoms with van der Waals surface area (Å²) in [4.78, 5) is 19.2. The minimum Gasteiger partial charge on any atom is -0.445 e. The molecule has 4 aromatic rings.